The second-order valence-corrected chi connectivity index (χ2v) is 5.46. The SMILES string of the molecule is CCCCOC(=O)CCCC(=O)OCc1cc([N+](=O)[O-])cc([N+](=O)[O-])c1. The molecule has 142 valence electrons. The highest BCUT2D eigenvalue weighted by molar-refractivity contribution is 5.72. The van der Waals surface area contributed by atoms with Gasteiger partial charge in [-0.05, 0) is 12.8 Å². The van der Waals surface area contributed by atoms with Crippen LogP contribution in [0, 0.1) is 20.2 Å². The van der Waals surface area contributed by atoms with Crippen LogP contribution in [0.4, 0.5) is 11.4 Å². The summed E-state index contributed by atoms with van der Waals surface area (Å²) in [6, 6.07) is 3.03. The Morgan fingerprint density at radius 1 is 0.923 bits per heavy atom. The summed E-state index contributed by atoms with van der Waals surface area (Å²) < 4.78 is 9.89. The van der Waals surface area contributed by atoms with E-state index in [1.807, 2.05) is 6.92 Å². The van der Waals surface area contributed by atoms with Crippen LogP contribution in [0.3, 0.4) is 0 Å². The van der Waals surface area contributed by atoms with Crippen molar-refractivity contribution in [2.24, 2.45) is 0 Å². The summed E-state index contributed by atoms with van der Waals surface area (Å²) in [6.45, 7) is 1.99. The average molecular weight is 368 g/mol. The maximum Gasteiger partial charge on any atom is 0.306 e. The molecule has 0 saturated carbocycles. The van der Waals surface area contributed by atoms with Gasteiger partial charge in [-0.1, -0.05) is 13.3 Å². The van der Waals surface area contributed by atoms with Gasteiger partial charge in [-0.25, -0.2) is 0 Å². The van der Waals surface area contributed by atoms with Crippen LogP contribution in [0.25, 0.3) is 0 Å². The zero-order chi connectivity index (χ0) is 19.5. The number of nitro benzene ring substituents is 2. The summed E-state index contributed by atoms with van der Waals surface area (Å²) in [6.07, 6.45) is 2.00. The van der Waals surface area contributed by atoms with Gasteiger partial charge in [0.25, 0.3) is 11.4 Å². The van der Waals surface area contributed by atoms with E-state index in [9.17, 15) is 29.8 Å². The lowest BCUT2D eigenvalue weighted by Gasteiger charge is -2.06. The minimum absolute atomic E-state index is 0.0279. The molecule has 0 spiro atoms. The molecule has 1 aromatic carbocycles. The Morgan fingerprint density at radius 3 is 1.96 bits per heavy atom. The van der Waals surface area contributed by atoms with Gasteiger partial charge >= 0.3 is 11.9 Å². The molecule has 10 heteroatoms. The lowest BCUT2D eigenvalue weighted by Crippen LogP contribution is -2.09. The Balaban J connectivity index is 2.46. The number of carbonyl (C=O) groups is 2. The molecule has 0 aliphatic rings. The number of ether oxygens (including phenoxy) is 2. The van der Waals surface area contributed by atoms with Crippen molar-refractivity contribution in [1.29, 1.82) is 0 Å². The largest absolute Gasteiger partial charge is 0.466 e. The van der Waals surface area contributed by atoms with Gasteiger partial charge in [-0.3, -0.25) is 29.8 Å². The smallest absolute Gasteiger partial charge is 0.306 e. The molecule has 0 radical (unpaired) electrons. The van der Waals surface area contributed by atoms with Crippen molar-refractivity contribution in [2.75, 3.05) is 6.61 Å². The lowest BCUT2D eigenvalue weighted by atomic mass is 10.2. The molecule has 0 bridgehead atoms. The van der Waals surface area contributed by atoms with E-state index in [4.69, 9.17) is 9.47 Å². The Bertz CT molecular complexity index is 642. The van der Waals surface area contributed by atoms with Gasteiger partial charge in [-0.2, -0.15) is 0 Å². The van der Waals surface area contributed by atoms with E-state index >= 15 is 0 Å². The van der Waals surface area contributed by atoms with Gasteiger partial charge in [0.15, 0.2) is 0 Å². The number of nitro groups is 2. The maximum absolute atomic E-state index is 11.7. The summed E-state index contributed by atoms with van der Waals surface area (Å²) in [5.41, 5.74) is -0.779. The summed E-state index contributed by atoms with van der Waals surface area (Å²) in [5.74, 6) is -0.999. The minimum Gasteiger partial charge on any atom is -0.466 e. The molecular formula is C16H20N2O8. The number of rotatable bonds is 11. The Labute approximate surface area is 149 Å². The molecule has 0 aliphatic heterocycles. The third-order valence-corrected chi connectivity index (χ3v) is 3.31. The van der Waals surface area contributed by atoms with Crippen molar-refractivity contribution in [2.45, 2.75) is 45.6 Å². The van der Waals surface area contributed by atoms with Crippen LogP contribution in [-0.4, -0.2) is 28.4 Å². The number of esters is 2. The Kier molecular flexibility index (Phi) is 8.68. The topological polar surface area (TPSA) is 139 Å². The van der Waals surface area contributed by atoms with Crippen LogP contribution >= 0.6 is 0 Å². The van der Waals surface area contributed by atoms with Gasteiger partial charge in [-0.15, -0.1) is 0 Å². The fourth-order valence-electron chi connectivity index (χ4n) is 1.97. The van der Waals surface area contributed by atoms with E-state index in [0.29, 0.717) is 6.61 Å². The molecule has 0 aromatic heterocycles. The Hall–Kier alpha value is -3.04. The van der Waals surface area contributed by atoms with Crippen LogP contribution in [0.15, 0.2) is 18.2 Å². The number of carbonyl (C=O) groups excluding carboxylic acids is 2. The van der Waals surface area contributed by atoms with Crippen LogP contribution in [0.5, 0.6) is 0 Å². The maximum atomic E-state index is 11.7. The van der Waals surface area contributed by atoms with Crippen molar-refractivity contribution in [3.63, 3.8) is 0 Å². The molecule has 1 rings (SSSR count). The van der Waals surface area contributed by atoms with E-state index in [-0.39, 0.29) is 37.4 Å². The predicted molar refractivity (Wildman–Crippen MR) is 89.3 cm³/mol. The third kappa shape index (κ3) is 7.69. The molecule has 0 unspecified atom stereocenters. The quantitative estimate of drug-likeness (QED) is 0.251. The molecule has 0 saturated heterocycles. The number of hydrogen-bond donors (Lipinski definition) is 0. The first-order valence-corrected chi connectivity index (χ1v) is 8.07. The molecule has 0 atom stereocenters. The zero-order valence-electron chi connectivity index (χ0n) is 14.3. The van der Waals surface area contributed by atoms with Gasteiger partial charge in [0, 0.05) is 30.5 Å². The van der Waals surface area contributed by atoms with Gasteiger partial charge in [0.05, 0.1) is 22.5 Å². The summed E-state index contributed by atoms with van der Waals surface area (Å²) in [5, 5.41) is 21.6. The van der Waals surface area contributed by atoms with Crippen LogP contribution in [-0.2, 0) is 25.7 Å². The predicted octanol–water partition coefficient (Wildman–Crippen LogP) is 3.06. The molecule has 0 fully saturated rings. The molecule has 26 heavy (non-hydrogen) atoms. The van der Waals surface area contributed by atoms with Crippen LogP contribution < -0.4 is 0 Å². The number of benzene rings is 1. The van der Waals surface area contributed by atoms with E-state index in [0.717, 1.165) is 31.0 Å². The molecule has 0 N–H and O–H groups in total. The van der Waals surface area contributed by atoms with E-state index in [1.165, 1.54) is 0 Å². The van der Waals surface area contributed by atoms with Crippen LogP contribution in [0.1, 0.15) is 44.6 Å². The summed E-state index contributed by atoms with van der Waals surface area (Å²) >= 11 is 0. The average Bonchev–Trinajstić information content (AvgIpc) is 2.59. The second kappa shape index (κ2) is 10.7. The summed E-state index contributed by atoms with van der Waals surface area (Å²) in [7, 11) is 0. The number of hydrogen-bond acceptors (Lipinski definition) is 8. The molecular weight excluding hydrogens is 348 g/mol. The van der Waals surface area contributed by atoms with Gasteiger partial charge < -0.3 is 9.47 Å². The van der Waals surface area contributed by atoms with Crippen molar-refractivity contribution in [3.05, 3.63) is 44.0 Å². The first-order chi connectivity index (χ1) is 12.3. The van der Waals surface area contributed by atoms with E-state index in [2.05, 4.69) is 0 Å². The molecule has 0 heterocycles. The van der Waals surface area contributed by atoms with E-state index in [1.54, 1.807) is 0 Å². The highest BCUT2D eigenvalue weighted by Crippen LogP contribution is 2.23. The zero-order valence-corrected chi connectivity index (χ0v) is 14.3. The number of non-ortho nitro benzene ring substituents is 2. The standard InChI is InChI=1S/C16H20N2O8/c1-2-3-7-25-15(19)5-4-6-16(20)26-11-12-8-13(17(21)22)10-14(9-12)18(23)24/h8-10H,2-7,11H2,1H3. The number of nitrogens with zero attached hydrogens (tertiary/aromatic N) is 2. The van der Waals surface area contributed by atoms with E-state index < -0.39 is 27.2 Å². The van der Waals surface area contributed by atoms with Crippen molar-refractivity contribution < 1.29 is 28.9 Å². The van der Waals surface area contributed by atoms with Crippen molar-refractivity contribution in [1.82, 2.24) is 0 Å². The van der Waals surface area contributed by atoms with Crippen LogP contribution in [0.2, 0.25) is 0 Å². The molecule has 0 amide bonds. The third-order valence-electron chi connectivity index (χ3n) is 3.31. The monoisotopic (exact) mass is 368 g/mol. The van der Waals surface area contributed by atoms with Gasteiger partial charge in [0.2, 0.25) is 0 Å². The molecule has 1 aromatic rings. The van der Waals surface area contributed by atoms with Crippen molar-refractivity contribution in [3.8, 4) is 0 Å². The fraction of sp³-hybridized carbons (Fsp3) is 0.500. The summed E-state index contributed by atoms with van der Waals surface area (Å²) in [4.78, 5) is 43.1. The number of unbranched alkanes of at least 4 members (excludes halogenated alkanes) is 1. The normalized spacial score (nSPS) is 10.2. The van der Waals surface area contributed by atoms with Crippen molar-refractivity contribution >= 4 is 23.3 Å². The Morgan fingerprint density at radius 2 is 1.46 bits per heavy atom. The molecule has 0 aliphatic carbocycles. The molecule has 10 nitrogen and oxygen atoms in total. The minimum atomic E-state index is -0.761. The highest BCUT2D eigenvalue weighted by atomic mass is 16.6. The first kappa shape index (κ1) is 21.0. The highest BCUT2D eigenvalue weighted by Gasteiger charge is 2.17. The second-order valence-electron chi connectivity index (χ2n) is 5.46. The fourth-order valence-corrected chi connectivity index (χ4v) is 1.97. The lowest BCUT2D eigenvalue weighted by molar-refractivity contribution is -0.394. The van der Waals surface area contributed by atoms with Gasteiger partial charge in [0.1, 0.15) is 6.61 Å². The first-order valence-electron chi connectivity index (χ1n) is 8.07.